The number of pyridine rings is 1. The van der Waals surface area contributed by atoms with Crippen LogP contribution in [-0.2, 0) is 9.59 Å². The average Bonchev–Trinajstić information content (AvgIpc) is 2.72. The summed E-state index contributed by atoms with van der Waals surface area (Å²) in [5.41, 5.74) is 6.12. The number of carbonyl (C=O) groups excluding carboxylic acids is 2. The maximum Gasteiger partial charge on any atom is 0.240 e. The summed E-state index contributed by atoms with van der Waals surface area (Å²) in [5.74, 6) is -0.622. The van der Waals surface area contributed by atoms with Gasteiger partial charge in [0.25, 0.3) is 0 Å². The molecule has 0 saturated carbocycles. The Morgan fingerprint density at radius 3 is 3.00 bits per heavy atom. The van der Waals surface area contributed by atoms with E-state index in [-0.39, 0.29) is 11.8 Å². The number of primary amides is 1. The molecule has 0 radical (unpaired) electrons. The van der Waals surface area contributed by atoms with Gasteiger partial charge in [0.05, 0.1) is 0 Å². The number of amides is 2. The van der Waals surface area contributed by atoms with Gasteiger partial charge < -0.3 is 15.8 Å². The van der Waals surface area contributed by atoms with E-state index in [0.717, 1.165) is 5.56 Å². The maximum atomic E-state index is 12.0. The van der Waals surface area contributed by atoms with Gasteiger partial charge in [0, 0.05) is 30.5 Å². The molecule has 0 aromatic carbocycles. The summed E-state index contributed by atoms with van der Waals surface area (Å²) in [6.07, 6.45) is 3.68. The fourth-order valence-electron chi connectivity index (χ4n) is 2.54. The fraction of sp³-hybridized carbons (Fsp3) is 0.462. The van der Waals surface area contributed by atoms with Crippen LogP contribution in [0.25, 0.3) is 0 Å². The normalized spacial score (nSPS) is 20.6. The monoisotopic (exact) mass is 263 g/mol. The number of carbonyl (C=O) groups is 2. The van der Waals surface area contributed by atoms with Crippen LogP contribution in [0.3, 0.4) is 0 Å². The van der Waals surface area contributed by atoms with E-state index in [1.54, 1.807) is 6.07 Å². The van der Waals surface area contributed by atoms with Crippen LogP contribution in [0.4, 0.5) is 0 Å². The van der Waals surface area contributed by atoms with Crippen LogP contribution in [0.2, 0.25) is 0 Å². The summed E-state index contributed by atoms with van der Waals surface area (Å²) in [4.78, 5) is 24.8. The molecule has 2 rings (SSSR count). The van der Waals surface area contributed by atoms with Crippen LogP contribution >= 0.6 is 0 Å². The van der Waals surface area contributed by atoms with Crippen molar-refractivity contribution in [2.45, 2.75) is 31.7 Å². The maximum absolute atomic E-state index is 12.0. The minimum atomic E-state index is -0.555. The van der Waals surface area contributed by atoms with Gasteiger partial charge >= 0.3 is 0 Å². The van der Waals surface area contributed by atoms with E-state index in [4.69, 9.17) is 5.73 Å². The predicted octanol–water partition coefficient (Wildman–Crippen LogP) is -0.100. The van der Waals surface area contributed by atoms with Crippen LogP contribution in [0.15, 0.2) is 24.5 Å². The first-order valence-corrected chi connectivity index (χ1v) is 6.30. The van der Waals surface area contributed by atoms with E-state index < -0.39 is 11.9 Å². The minimum absolute atomic E-state index is 0.0534. The van der Waals surface area contributed by atoms with Gasteiger partial charge in [-0.1, -0.05) is 6.92 Å². The molecule has 6 nitrogen and oxygen atoms in total. The number of likely N-dealkylation sites (tertiary alicyclic amines) is 1. The molecule has 0 aliphatic carbocycles. The van der Waals surface area contributed by atoms with Crippen molar-refractivity contribution in [3.63, 3.8) is 0 Å². The van der Waals surface area contributed by atoms with E-state index in [0.29, 0.717) is 24.1 Å². The van der Waals surface area contributed by atoms with Crippen molar-refractivity contribution in [3.05, 3.63) is 35.3 Å². The molecule has 102 valence electrons. The molecule has 2 N–H and O–H groups in total. The molecule has 19 heavy (non-hydrogen) atoms. The predicted molar refractivity (Wildman–Crippen MR) is 67.7 cm³/mol. The molecule has 2 atom stereocenters. The van der Waals surface area contributed by atoms with Crippen molar-refractivity contribution in [2.24, 2.45) is 5.73 Å². The van der Waals surface area contributed by atoms with E-state index in [1.807, 2.05) is 13.0 Å². The van der Waals surface area contributed by atoms with Gasteiger partial charge in [-0.25, -0.2) is 0 Å². The van der Waals surface area contributed by atoms with Crippen LogP contribution < -0.4 is 10.5 Å². The topological polar surface area (TPSA) is 90.3 Å². The number of aromatic nitrogens is 1. The van der Waals surface area contributed by atoms with Crippen molar-refractivity contribution >= 4 is 11.8 Å². The lowest BCUT2D eigenvalue weighted by Crippen LogP contribution is -2.45. The Labute approximate surface area is 111 Å². The average molecular weight is 263 g/mol. The summed E-state index contributed by atoms with van der Waals surface area (Å²) in [6.45, 7) is 2.26. The molecule has 1 aromatic heterocycles. The van der Waals surface area contributed by atoms with Crippen LogP contribution in [0.5, 0.6) is 0 Å². The zero-order chi connectivity index (χ0) is 14.0. The summed E-state index contributed by atoms with van der Waals surface area (Å²) in [7, 11) is 0. The lowest BCUT2D eigenvalue weighted by Gasteiger charge is -2.24. The smallest absolute Gasteiger partial charge is 0.240 e. The molecular weight excluding hydrogens is 246 g/mol. The van der Waals surface area contributed by atoms with E-state index >= 15 is 0 Å². The zero-order valence-corrected chi connectivity index (χ0v) is 10.8. The standard InChI is InChI=1S/C13H17N3O3/c1-2-11(13(14)18)16-8-10(6-12(16)17)9-4-3-5-15(19)7-9/h3-5,7,10-11H,2,6,8H2,1H3,(H2,14,18). The molecule has 0 bridgehead atoms. The summed E-state index contributed by atoms with van der Waals surface area (Å²) < 4.78 is 0.716. The molecule has 2 amide bonds. The minimum Gasteiger partial charge on any atom is -0.619 e. The van der Waals surface area contributed by atoms with Crippen molar-refractivity contribution in [3.8, 4) is 0 Å². The Balaban J connectivity index is 2.17. The highest BCUT2D eigenvalue weighted by molar-refractivity contribution is 5.88. The van der Waals surface area contributed by atoms with Gasteiger partial charge in [0.2, 0.25) is 11.8 Å². The largest absolute Gasteiger partial charge is 0.619 e. The lowest BCUT2D eigenvalue weighted by molar-refractivity contribution is -0.605. The Morgan fingerprint density at radius 1 is 1.68 bits per heavy atom. The Kier molecular flexibility index (Phi) is 3.69. The van der Waals surface area contributed by atoms with Crippen molar-refractivity contribution in [1.29, 1.82) is 0 Å². The lowest BCUT2D eigenvalue weighted by atomic mass is 10.0. The third-order valence-corrected chi connectivity index (χ3v) is 3.52. The van der Waals surface area contributed by atoms with Gasteiger partial charge in [-0.2, -0.15) is 4.73 Å². The molecule has 2 unspecified atom stereocenters. The van der Waals surface area contributed by atoms with Crippen molar-refractivity contribution < 1.29 is 14.3 Å². The third-order valence-electron chi connectivity index (χ3n) is 3.52. The fourth-order valence-corrected chi connectivity index (χ4v) is 2.54. The highest BCUT2D eigenvalue weighted by atomic mass is 16.5. The first-order valence-electron chi connectivity index (χ1n) is 6.30. The molecule has 6 heteroatoms. The number of nitrogens with two attached hydrogens (primary N) is 1. The van der Waals surface area contributed by atoms with E-state index in [1.165, 1.54) is 17.3 Å². The van der Waals surface area contributed by atoms with Crippen LogP contribution in [0.1, 0.15) is 31.2 Å². The van der Waals surface area contributed by atoms with Crippen LogP contribution in [0, 0.1) is 5.21 Å². The molecule has 1 aromatic rings. The first kappa shape index (κ1) is 13.3. The molecule has 1 aliphatic rings. The van der Waals surface area contributed by atoms with Crippen molar-refractivity contribution in [2.75, 3.05) is 6.54 Å². The summed E-state index contributed by atoms with van der Waals surface area (Å²) >= 11 is 0. The van der Waals surface area contributed by atoms with Crippen LogP contribution in [-0.4, -0.2) is 29.3 Å². The number of nitrogens with zero attached hydrogens (tertiary/aromatic N) is 2. The second-order valence-electron chi connectivity index (χ2n) is 4.77. The SMILES string of the molecule is CCC(C(N)=O)N1CC(c2ccc[n+]([O-])c2)CC1=O. The van der Waals surface area contributed by atoms with Gasteiger partial charge in [-0.05, 0) is 12.5 Å². The van der Waals surface area contributed by atoms with Gasteiger partial charge in [0.15, 0.2) is 12.4 Å². The molecular formula is C13H17N3O3. The second-order valence-corrected chi connectivity index (χ2v) is 4.77. The summed E-state index contributed by atoms with van der Waals surface area (Å²) in [6, 6.07) is 2.92. The second kappa shape index (κ2) is 5.26. The highest BCUT2D eigenvalue weighted by Gasteiger charge is 2.37. The number of hydrogen-bond acceptors (Lipinski definition) is 3. The van der Waals surface area contributed by atoms with Crippen molar-refractivity contribution in [1.82, 2.24) is 4.90 Å². The van der Waals surface area contributed by atoms with E-state index in [2.05, 4.69) is 0 Å². The number of hydrogen-bond donors (Lipinski definition) is 1. The molecule has 1 aliphatic heterocycles. The Bertz CT molecular complexity index is 504. The number of rotatable bonds is 4. The quantitative estimate of drug-likeness (QED) is 0.607. The Morgan fingerprint density at radius 2 is 2.42 bits per heavy atom. The summed E-state index contributed by atoms with van der Waals surface area (Å²) in [5, 5.41) is 11.3. The van der Waals surface area contributed by atoms with Gasteiger partial charge in [-0.3, -0.25) is 9.59 Å². The third kappa shape index (κ3) is 2.67. The molecule has 1 saturated heterocycles. The molecule has 0 spiro atoms. The van der Waals surface area contributed by atoms with E-state index in [9.17, 15) is 14.8 Å². The van der Waals surface area contributed by atoms with Gasteiger partial charge in [-0.15, -0.1) is 0 Å². The highest BCUT2D eigenvalue weighted by Crippen LogP contribution is 2.29. The molecule has 2 heterocycles. The zero-order valence-electron chi connectivity index (χ0n) is 10.8. The Hall–Kier alpha value is -2.11. The molecule has 1 fully saturated rings. The van der Waals surface area contributed by atoms with Gasteiger partial charge in [0.1, 0.15) is 6.04 Å². The first-order chi connectivity index (χ1) is 9.02.